The van der Waals surface area contributed by atoms with Gasteiger partial charge in [-0.3, -0.25) is 0 Å². The van der Waals surface area contributed by atoms with Gasteiger partial charge in [0.15, 0.2) is 5.82 Å². The largest absolute Gasteiger partial charge is 0.497 e. The average Bonchev–Trinajstić information content (AvgIpc) is 2.73. The van der Waals surface area contributed by atoms with Gasteiger partial charge in [0.2, 0.25) is 0 Å². The van der Waals surface area contributed by atoms with E-state index in [0.717, 1.165) is 0 Å². The molecular formula is C13H15F2N2OP. The summed E-state index contributed by atoms with van der Waals surface area (Å²) in [7, 11) is 3.06. The zero-order valence-corrected chi connectivity index (χ0v) is 11.9. The second-order valence-corrected chi connectivity index (χ2v) is 4.82. The summed E-state index contributed by atoms with van der Waals surface area (Å²) >= 11 is 0. The molecule has 0 fully saturated rings. The summed E-state index contributed by atoms with van der Waals surface area (Å²) < 4.78 is 33.8. The molecule has 1 unspecified atom stereocenters. The Hall–Kier alpha value is -1.48. The van der Waals surface area contributed by atoms with Crippen molar-refractivity contribution >= 4 is 20.3 Å². The first-order valence-corrected chi connectivity index (χ1v) is 6.37. The lowest BCUT2D eigenvalue weighted by Gasteiger charge is -2.12. The molecule has 0 saturated carbocycles. The van der Waals surface area contributed by atoms with Crippen LogP contribution < -0.4 is 4.74 Å². The third kappa shape index (κ3) is 2.76. The van der Waals surface area contributed by atoms with E-state index in [9.17, 15) is 8.78 Å². The minimum atomic E-state index is -3.06. The summed E-state index contributed by atoms with van der Waals surface area (Å²) in [6, 6.07) is 5.13. The topological polar surface area (TPSA) is 27.1 Å². The fraction of sp³-hybridized carbons (Fsp3) is 0.308. The average molecular weight is 284 g/mol. The van der Waals surface area contributed by atoms with E-state index in [4.69, 9.17) is 4.74 Å². The predicted octanol–water partition coefficient (Wildman–Crippen LogP) is 3.55. The minimum absolute atomic E-state index is 0.265. The van der Waals surface area contributed by atoms with Gasteiger partial charge >= 0.3 is 5.66 Å². The Labute approximate surface area is 112 Å². The van der Waals surface area contributed by atoms with Gasteiger partial charge in [-0.2, -0.15) is 8.78 Å². The van der Waals surface area contributed by atoms with Crippen LogP contribution in [0.5, 0.6) is 5.75 Å². The summed E-state index contributed by atoms with van der Waals surface area (Å²) in [5.41, 5.74) is -1.90. The molecular weight excluding hydrogens is 269 g/mol. The van der Waals surface area contributed by atoms with Crippen LogP contribution in [0, 0.1) is 0 Å². The molecule has 0 amide bonds. The number of fused-ring (bicyclic) bond motifs is 1. The number of benzene rings is 1. The Morgan fingerprint density at radius 3 is 2.79 bits per heavy atom. The van der Waals surface area contributed by atoms with E-state index in [1.165, 1.54) is 20.9 Å². The molecule has 3 nitrogen and oxygen atoms in total. The van der Waals surface area contributed by atoms with Gasteiger partial charge < -0.3 is 9.30 Å². The number of hydrogen-bond acceptors (Lipinski definition) is 2. The van der Waals surface area contributed by atoms with Crippen LogP contribution >= 0.6 is 9.24 Å². The van der Waals surface area contributed by atoms with Gasteiger partial charge in [0, 0.05) is 12.6 Å². The quantitative estimate of drug-likeness (QED) is 0.634. The molecule has 1 heterocycles. The molecule has 19 heavy (non-hydrogen) atoms. The van der Waals surface area contributed by atoms with E-state index >= 15 is 0 Å². The van der Waals surface area contributed by atoms with Crippen LogP contribution in [0.3, 0.4) is 0 Å². The first-order chi connectivity index (χ1) is 8.97. The van der Waals surface area contributed by atoms with Crippen molar-refractivity contribution in [2.45, 2.75) is 19.1 Å². The third-order valence-corrected chi connectivity index (χ3v) is 3.04. The fourth-order valence-corrected chi connectivity index (χ4v) is 2.11. The Bertz CT molecular complexity index is 617. The first kappa shape index (κ1) is 13.9. The van der Waals surface area contributed by atoms with Gasteiger partial charge in [0.05, 0.1) is 18.1 Å². The van der Waals surface area contributed by atoms with Crippen LogP contribution in [0.1, 0.15) is 12.7 Å². The Kier molecular flexibility index (Phi) is 3.85. The zero-order chi connectivity index (χ0) is 14.0. The molecule has 2 rings (SSSR count). The van der Waals surface area contributed by atoms with Crippen LogP contribution in [0.15, 0.2) is 30.4 Å². The van der Waals surface area contributed by atoms with Crippen molar-refractivity contribution in [3.8, 4) is 5.75 Å². The van der Waals surface area contributed by atoms with Crippen LogP contribution in [0.25, 0.3) is 11.0 Å². The smallest absolute Gasteiger partial charge is 0.315 e. The number of imidazole rings is 1. The maximum Gasteiger partial charge on any atom is 0.315 e. The number of hydrogen-bond donors (Lipinski definition) is 0. The van der Waals surface area contributed by atoms with E-state index in [-0.39, 0.29) is 5.82 Å². The summed E-state index contributed by atoms with van der Waals surface area (Å²) in [5.74, 6) is 0.334. The molecule has 0 bridgehead atoms. The normalized spacial score (nSPS) is 12.5. The van der Waals surface area contributed by atoms with Crippen molar-refractivity contribution in [2.24, 2.45) is 0 Å². The molecule has 0 radical (unpaired) electrons. The third-order valence-electron chi connectivity index (χ3n) is 2.78. The van der Waals surface area contributed by atoms with Gasteiger partial charge in [-0.05, 0) is 19.1 Å². The SMILES string of the molecule is C/C=C\Cn1c(C(F)(F)P)nc2cc(OC)ccc21. The number of ether oxygens (including phenoxy) is 1. The number of halogens is 2. The highest BCUT2D eigenvalue weighted by molar-refractivity contribution is 7.17. The summed E-state index contributed by atoms with van der Waals surface area (Å²) in [5, 5.41) is 0. The summed E-state index contributed by atoms with van der Waals surface area (Å²) in [4.78, 5) is 4.02. The van der Waals surface area contributed by atoms with Crippen molar-refractivity contribution in [1.29, 1.82) is 0 Å². The van der Waals surface area contributed by atoms with Crippen molar-refractivity contribution in [3.05, 3.63) is 36.2 Å². The van der Waals surface area contributed by atoms with Gasteiger partial charge in [0.25, 0.3) is 0 Å². The van der Waals surface area contributed by atoms with Crippen molar-refractivity contribution in [3.63, 3.8) is 0 Å². The van der Waals surface area contributed by atoms with E-state index in [1.807, 2.05) is 19.1 Å². The number of alkyl halides is 2. The Morgan fingerprint density at radius 1 is 1.47 bits per heavy atom. The molecule has 0 N–H and O–H groups in total. The second-order valence-electron chi connectivity index (χ2n) is 4.09. The van der Waals surface area contributed by atoms with Gasteiger partial charge in [-0.25, -0.2) is 4.98 Å². The number of nitrogens with zero attached hydrogens (tertiary/aromatic N) is 2. The van der Waals surface area contributed by atoms with Crippen molar-refractivity contribution in [1.82, 2.24) is 9.55 Å². The molecule has 0 aliphatic heterocycles. The zero-order valence-electron chi connectivity index (χ0n) is 10.7. The molecule has 0 aliphatic rings. The van der Waals surface area contributed by atoms with E-state index in [2.05, 4.69) is 4.98 Å². The van der Waals surface area contributed by atoms with Crippen LogP contribution in [-0.4, -0.2) is 16.7 Å². The highest BCUT2D eigenvalue weighted by atomic mass is 31.0. The lowest BCUT2D eigenvalue weighted by atomic mass is 10.3. The molecule has 0 saturated heterocycles. The molecule has 0 aliphatic carbocycles. The highest BCUT2D eigenvalue weighted by Crippen LogP contribution is 2.36. The van der Waals surface area contributed by atoms with E-state index in [1.54, 1.807) is 18.2 Å². The lowest BCUT2D eigenvalue weighted by Crippen LogP contribution is -2.12. The Balaban J connectivity index is 2.65. The molecule has 1 aromatic heterocycles. The molecule has 6 heteroatoms. The predicted molar refractivity (Wildman–Crippen MR) is 74.7 cm³/mol. The first-order valence-electron chi connectivity index (χ1n) is 5.80. The standard InChI is InChI=1S/C13H15F2N2OP/c1-3-4-7-17-11-6-5-9(18-2)8-10(11)16-12(17)13(14,15)19/h3-6,8H,7,19H2,1-2H3/b4-3-. The number of rotatable bonds is 4. The molecule has 2 aromatic rings. The Morgan fingerprint density at radius 2 is 2.21 bits per heavy atom. The lowest BCUT2D eigenvalue weighted by molar-refractivity contribution is 0.0897. The van der Waals surface area contributed by atoms with Gasteiger partial charge in [-0.15, -0.1) is 0 Å². The molecule has 1 atom stereocenters. The fourth-order valence-electron chi connectivity index (χ4n) is 1.89. The maximum atomic E-state index is 13.6. The van der Waals surface area contributed by atoms with Crippen molar-refractivity contribution < 1.29 is 13.5 Å². The number of aromatic nitrogens is 2. The highest BCUT2D eigenvalue weighted by Gasteiger charge is 2.31. The van der Waals surface area contributed by atoms with E-state index < -0.39 is 5.66 Å². The van der Waals surface area contributed by atoms with Gasteiger partial charge in [0.1, 0.15) is 5.75 Å². The maximum absolute atomic E-state index is 13.6. The van der Waals surface area contributed by atoms with Gasteiger partial charge in [-0.1, -0.05) is 21.4 Å². The van der Waals surface area contributed by atoms with Crippen LogP contribution in [0.4, 0.5) is 8.78 Å². The van der Waals surface area contributed by atoms with Crippen molar-refractivity contribution in [2.75, 3.05) is 7.11 Å². The number of allylic oxidation sites excluding steroid dienone is 2. The molecule has 102 valence electrons. The number of methoxy groups -OCH3 is 1. The molecule has 0 spiro atoms. The van der Waals surface area contributed by atoms with Crippen LogP contribution in [0.2, 0.25) is 0 Å². The monoisotopic (exact) mass is 284 g/mol. The minimum Gasteiger partial charge on any atom is -0.497 e. The molecule has 1 aromatic carbocycles. The van der Waals surface area contributed by atoms with Crippen LogP contribution in [-0.2, 0) is 12.2 Å². The van der Waals surface area contributed by atoms with E-state index in [0.29, 0.717) is 23.3 Å². The summed E-state index contributed by atoms with van der Waals surface area (Å²) in [6.45, 7) is 2.21. The second kappa shape index (κ2) is 5.25. The summed E-state index contributed by atoms with van der Waals surface area (Å²) in [6.07, 6.45) is 3.63.